The van der Waals surface area contributed by atoms with Crippen molar-refractivity contribution in [2.75, 3.05) is 27.2 Å². The lowest BCUT2D eigenvalue weighted by molar-refractivity contribution is 0.267. The predicted molar refractivity (Wildman–Crippen MR) is 90.4 cm³/mol. The van der Waals surface area contributed by atoms with Crippen LogP contribution in [0.2, 0.25) is 0 Å². The lowest BCUT2D eigenvalue weighted by Crippen LogP contribution is -2.19. The highest BCUT2D eigenvalue weighted by atomic mass is 32.1. The van der Waals surface area contributed by atoms with E-state index in [2.05, 4.69) is 21.6 Å². The molecule has 0 fully saturated rings. The van der Waals surface area contributed by atoms with Crippen LogP contribution < -0.4 is 4.74 Å². The van der Waals surface area contributed by atoms with Crippen LogP contribution in [-0.2, 0) is 0 Å². The monoisotopic (exact) mass is 314 g/mol. The Morgan fingerprint density at radius 2 is 2.18 bits per heavy atom. The van der Waals surface area contributed by atoms with E-state index in [9.17, 15) is 0 Å². The van der Waals surface area contributed by atoms with Crippen molar-refractivity contribution in [3.05, 3.63) is 42.7 Å². The number of hydrogen-bond donors (Lipinski definition) is 0. The molecule has 0 atom stereocenters. The predicted octanol–water partition coefficient (Wildman–Crippen LogP) is 3.04. The Hall–Kier alpha value is -2.18. The van der Waals surface area contributed by atoms with Gasteiger partial charge in [-0.1, -0.05) is 17.9 Å². The van der Waals surface area contributed by atoms with E-state index in [1.807, 2.05) is 49.1 Å². The van der Waals surface area contributed by atoms with Crippen LogP contribution in [0.1, 0.15) is 5.69 Å². The average Bonchev–Trinajstić information content (AvgIpc) is 3.12. The molecule has 3 aromatic rings. The summed E-state index contributed by atoms with van der Waals surface area (Å²) in [7, 11) is 4.06. The van der Waals surface area contributed by atoms with Crippen molar-refractivity contribution >= 4 is 23.1 Å². The summed E-state index contributed by atoms with van der Waals surface area (Å²) < 4.78 is 7.60. The van der Waals surface area contributed by atoms with Crippen LogP contribution in [0.25, 0.3) is 22.3 Å². The normalized spacial score (nSPS) is 11.2. The van der Waals surface area contributed by atoms with Crippen molar-refractivity contribution < 1.29 is 4.74 Å². The fourth-order valence-electron chi connectivity index (χ4n) is 2.03. The van der Waals surface area contributed by atoms with Gasteiger partial charge in [-0.3, -0.25) is 0 Å². The van der Waals surface area contributed by atoms with Crippen LogP contribution >= 0.6 is 11.3 Å². The fourth-order valence-corrected chi connectivity index (χ4v) is 2.90. The smallest absolute Gasteiger partial charge is 0.174 e. The van der Waals surface area contributed by atoms with E-state index in [4.69, 9.17) is 4.74 Å². The number of hydrogen-bond acceptors (Lipinski definition) is 5. The Kier molecular flexibility index (Phi) is 4.22. The maximum atomic E-state index is 5.76. The van der Waals surface area contributed by atoms with Crippen LogP contribution in [0.15, 0.2) is 37.0 Å². The van der Waals surface area contributed by atoms with Crippen molar-refractivity contribution in [3.63, 3.8) is 0 Å². The molecule has 22 heavy (non-hydrogen) atoms. The van der Waals surface area contributed by atoms with Gasteiger partial charge in [0.2, 0.25) is 0 Å². The maximum Gasteiger partial charge on any atom is 0.174 e. The van der Waals surface area contributed by atoms with Crippen molar-refractivity contribution in [2.45, 2.75) is 0 Å². The Labute approximate surface area is 133 Å². The molecule has 0 aromatic carbocycles. The summed E-state index contributed by atoms with van der Waals surface area (Å²) in [4.78, 5) is 7.57. The molecule has 114 valence electrons. The summed E-state index contributed by atoms with van der Waals surface area (Å²) in [6.07, 6.45) is 3.57. The van der Waals surface area contributed by atoms with E-state index in [-0.39, 0.29) is 0 Å². The van der Waals surface area contributed by atoms with E-state index < -0.39 is 0 Å². The minimum Gasteiger partial charge on any atom is -0.483 e. The third-order valence-corrected chi connectivity index (χ3v) is 4.23. The van der Waals surface area contributed by atoms with Crippen molar-refractivity contribution in [1.29, 1.82) is 0 Å². The molecule has 0 amide bonds. The molecule has 0 saturated heterocycles. The van der Waals surface area contributed by atoms with Gasteiger partial charge >= 0.3 is 0 Å². The Morgan fingerprint density at radius 1 is 1.32 bits per heavy atom. The average molecular weight is 314 g/mol. The summed E-state index contributed by atoms with van der Waals surface area (Å²) in [5.41, 5.74) is 2.61. The molecule has 0 radical (unpaired) electrons. The second-order valence-corrected chi connectivity index (χ2v) is 6.19. The van der Waals surface area contributed by atoms with E-state index in [1.165, 1.54) is 0 Å². The van der Waals surface area contributed by atoms with Crippen LogP contribution in [0.4, 0.5) is 0 Å². The highest BCUT2D eigenvalue weighted by molar-refractivity contribution is 7.17. The van der Waals surface area contributed by atoms with Crippen molar-refractivity contribution in [1.82, 2.24) is 19.5 Å². The van der Waals surface area contributed by atoms with Crippen LogP contribution in [0, 0.1) is 0 Å². The van der Waals surface area contributed by atoms with Gasteiger partial charge < -0.3 is 9.64 Å². The molecule has 0 spiro atoms. The molecule has 3 heterocycles. The van der Waals surface area contributed by atoms with E-state index >= 15 is 0 Å². The minimum absolute atomic E-state index is 0.680. The van der Waals surface area contributed by atoms with Gasteiger partial charge in [-0.2, -0.15) is 5.10 Å². The third kappa shape index (κ3) is 3.03. The van der Waals surface area contributed by atoms with E-state index in [1.54, 1.807) is 17.4 Å². The lowest BCUT2D eigenvalue weighted by Gasteiger charge is -2.09. The second-order valence-electron chi connectivity index (χ2n) is 5.15. The Balaban J connectivity index is 1.85. The molecule has 5 nitrogen and oxygen atoms in total. The number of thiophene rings is 1. The number of fused-ring (bicyclic) bond motifs is 1. The molecule has 0 aliphatic heterocycles. The number of likely N-dealkylation sites (N-methyl/N-ethyl adjacent to an activating group) is 1. The quantitative estimate of drug-likeness (QED) is 0.701. The van der Waals surface area contributed by atoms with E-state index in [0.717, 1.165) is 33.5 Å². The highest BCUT2D eigenvalue weighted by Gasteiger charge is 2.10. The van der Waals surface area contributed by atoms with Gasteiger partial charge in [-0.25, -0.2) is 9.50 Å². The first-order valence-electron chi connectivity index (χ1n) is 7.02. The molecule has 6 heteroatoms. The Bertz CT molecular complexity index is 790. The SMILES string of the molecule is C=Cc1ccc2ncc(-c3ccc(OCCN(C)C)s3)n2n1. The van der Waals surface area contributed by atoms with Gasteiger partial charge in [0.05, 0.1) is 16.8 Å². The van der Waals surface area contributed by atoms with Crippen LogP contribution in [-0.4, -0.2) is 46.7 Å². The molecular weight excluding hydrogens is 296 g/mol. The van der Waals surface area contributed by atoms with Gasteiger partial charge in [0.15, 0.2) is 10.7 Å². The number of nitrogens with zero attached hydrogens (tertiary/aromatic N) is 4. The molecule has 0 aliphatic carbocycles. The standard InChI is InChI=1S/C16H18N4OS/c1-4-12-5-7-15-17-11-13(20(15)18-12)14-6-8-16(22-14)21-10-9-19(2)3/h4-8,11H,1,9-10H2,2-3H3. The number of rotatable bonds is 6. The zero-order valence-electron chi connectivity index (χ0n) is 12.7. The Morgan fingerprint density at radius 3 is 2.95 bits per heavy atom. The highest BCUT2D eigenvalue weighted by Crippen LogP contribution is 2.33. The lowest BCUT2D eigenvalue weighted by atomic mass is 10.3. The van der Waals surface area contributed by atoms with Gasteiger partial charge in [-0.05, 0) is 44.4 Å². The number of imidazole rings is 1. The fraction of sp³-hybridized carbons (Fsp3) is 0.250. The molecule has 0 unspecified atom stereocenters. The van der Waals surface area contributed by atoms with Crippen LogP contribution in [0.5, 0.6) is 5.06 Å². The molecule has 0 bridgehead atoms. The topological polar surface area (TPSA) is 42.7 Å². The minimum atomic E-state index is 0.680. The summed E-state index contributed by atoms with van der Waals surface area (Å²) in [6, 6.07) is 7.88. The summed E-state index contributed by atoms with van der Waals surface area (Å²) in [6.45, 7) is 5.33. The second kappa shape index (κ2) is 6.29. The molecule has 0 N–H and O–H groups in total. The first-order valence-corrected chi connectivity index (χ1v) is 7.84. The molecule has 3 rings (SSSR count). The zero-order chi connectivity index (χ0) is 15.5. The van der Waals surface area contributed by atoms with Crippen LogP contribution in [0.3, 0.4) is 0 Å². The largest absolute Gasteiger partial charge is 0.483 e. The van der Waals surface area contributed by atoms with Gasteiger partial charge in [0, 0.05) is 6.54 Å². The maximum absolute atomic E-state index is 5.76. The van der Waals surface area contributed by atoms with Gasteiger partial charge in [0.1, 0.15) is 12.3 Å². The molecule has 0 aliphatic rings. The summed E-state index contributed by atoms with van der Waals surface area (Å²) in [5, 5.41) is 5.43. The first-order chi connectivity index (χ1) is 10.7. The third-order valence-electron chi connectivity index (χ3n) is 3.21. The summed E-state index contributed by atoms with van der Waals surface area (Å²) >= 11 is 1.60. The number of aromatic nitrogens is 3. The van der Waals surface area contributed by atoms with Crippen molar-refractivity contribution in [3.8, 4) is 15.6 Å². The molecule has 0 saturated carbocycles. The molecule has 3 aromatic heterocycles. The first kappa shape index (κ1) is 14.7. The van der Waals surface area contributed by atoms with Crippen molar-refractivity contribution in [2.24, 2.45) is 0 Å². The molecular formula is C16H18N4OS. The number of ether oxygens (including phenoxy) is 1. The van der Waals surface area contributed by atoms with E-state index in [0.29, 0.717) is 6.61 Å². The van der Waals surface area contributed by atoms with Gasteiger partial charge in [-0.15, -0.1) is 0 Å². The zero-order valence-corrected chi connectivity index (χ0v) is 13.5. The summed E-state index contributed by atoms with van der Waals surface area (Å²) in [5.74, 6) is 0. The van der Waals surface area contributed by atoms with Gasteiger partial charge in [0.25, 0.3) is 0 Å².